The van der Waals surface area contributed by atoms with Crippen LogP contribution in [0.25, 0.3) is 0 Å². The summed E-state index contributed by atoms with van der Waals surface area (Å²) < 4.78 is 0. The molecule has 0 heterocycles. The molecule has 4 nitrogen and oxygen atoms in total. The summed E-state index contributed by atoms with van der Waals surface area (Å²) in [5.41, 5.74) is 0. The third kappa shape index (κ3) is 8.94. The van der Waals surface area contributed by atoms with Crippen molar-refractivity contribution in [1.29, 1.82) is 0 Å². The fourth-order valence-electron chi connectivity index (χ4n) is 0.728. The molecule has 0 aromatic heterocycles. The van der Waals surface area contributed by atoms with Gasteiger partial charge in [-0.15, -0.1) is 0 Å². The lowest BCUT2D eigenvalue weighted by Crippen LogP contribution is -1.96. The summed E-state index contributed by atoms with van der Waals surface area (Å²) in [5, 5.41) is 11.4. The molecule has 1 N–H and O–H groups in total. The van der Waals surface area contributed by atoms with E-state index in [9.17, 15) is 4.79 Å². The van der Waals surface area contributed by atoms with Crippen molar-refractivity contribution in [1.82, 2.24) is 0 Å². The van der Waals surface area contributed by atoms with Crippen molar-refractivity contribution >= 4 is 12.2 Å². The van der Waals surface area contributed by atoms with Gasteiger partial charge in [0.25, 0.3) is 0 Å². The molecule has 0 fully saturated rings. The minimum atomic E-state index is -1.08. The fraction of sp³-hybridized carbons (Fsp3) is 0.750. The molecule has 0 amide bonds. The molecule has 12 heavy (non-hydrogen) atoms. The minimum absolute atomic E-state index is 0.504. The van der Waals surface area contributed by atoms with E-state index in [1.807, 2.05) is 0 Å². The van der Waals surface area contributed by atoms with E-state index < -0.39 is 5.97 Å². The topological polar surface area (TPSA) is 58.9 Å². The van der Waals surface area contributed by atoms with Gasteiger partial charge in [0.1, 0.15) is 6.61 Å². The Morgan fingerprint density at radius 3 is 2.83 bits per heavy atom. The monoisotopic (exact) mass is 173 g/mol. The first-order valence-corrected chi connectivity index (χ1v) is 4.15. The van der Waals surface area contributed by atoms with Gasteiger partial charge in [0.05, 0.1) is 0 Å². The molecule has 4 heteroatoms. The van der Waals surface area contributed by atoms with Crippen LogP contribution in [0.2, 0.25) is 0 Å². The number of hydrogen-bond acceptors (Lipinski definition) is 3. The van der Waals surface area contributed by atoms with Crippen LogP contribution in [0.4, 0.5) is 0 Å². The lowest BCUT2D eigenvalue weighted by atomic mass is 10.2. The van der Waals surface area contributed by atoms with Crippen molar-refractivity contribution in [3.8, 4) is 0 Å². The van der Waals surface area contributed by atoms with Crippen LogP contribution in [0.5, 0.6) is 0 Å². The van der Waals surface area contributed by atoms with Gasteiger partial charge < -0.3 is 9.94 Å². The maximum absolute atomic E-state index is 9.91. The molecule has 0 rings (SSSR count). The first-order chi connectivity index (χ1) is 5.77. The quantitative estimate of drug-likeness (QED) is 0.362. The Bertz CT molecular complexity index is 145. The highest BCUT2D eigenvalue weighted by Gasteiger charge is 1.88. The first kappa shape index (κ1) is 10.9. The zero-order chi connectivity index (χ0) is 9.23. The molecule has 0 spiro atoms. The predicted octanol–water partition coefficient (Wildman–Crippen LogP) is 1.65. The van der Waals surface area contributed by atoms with Gasteiger partial charge in [-0.1, -0.05) is 24.9 Å². The molecule has 0 saturated heterocycles. The van der Waals surface area contributed by atoms with E-state index in [0.717, 1.165) is 19.1 Å². The molecule has 0 atom stereocenters. The van der Waals surface area contributed by atoms with Gasteiger partial charge in [-0.2, -0.15) is 0 Å². The summed E-state index contributed by atoms with van der Waals surface area (Å²) in [6.45, 7) is 2.63. The Kier molecular flexibility index (Phi) is 7.33. The number of hydrogen-bond donors (Lipinski definition) is 1. The average molecular weight is 173 g/mol. The molecule has 0 saturated carbocycles. The van der Waals surface area contributed by atoms with Crippen LogP contribution in [0.15, 0.2) is 5.16 Å². The van der Waals surface area contributed by atoms with E-state index in [1.165, 1.54) is 12.8 Å². The third-order valence-electron chi connectivity index (χ3n) is 1.33. The van der Waals surface area contributed by atoms with Crippen molar-refractivity contribution in [2.75, 3.05) is 6.61 Å². The van der Waals surface area contributed by atoms with E-state index in [2.05, 4.69) is 16.9 Å². The van der Waals surface area contributed by atoms with Crippen LogP contribution < -0.4 is 0 Å². The van der Waals surface area contributed by atoms with Crippen LogP contribution in [0.1, 0.15) is 32.6 Å². The number of nitrogens with zero attached hydrogens (tertiary/aromatic N) is 1. The molecular formula is C8H15NO3. The minimum Gasteiger partial charge on any atom is -0.477 e. The van der Waals surface area contributed by atoms with Crippen LogP contribution in [-0.4, -0.2) is 23.9 Å². The number of carboxylic acid groups (broad SMARTS) is 1. The summed E-state index contributed by atoms with van der Waals surface area (Å²) in [5.74, 6) is -1.08. The molecule has 0 unspecified atom stereocenters. The van der Waals surface area contributed by atoms with Crippen LogP contribution >= 0.6 is 0 Å². The summed E-state index contributed by atoms with van der Waals surface area (Å²) in [4.78, 5) is 14.6. The summed E-state index contributed by atoms with van der Waals surface area (Å²) in [6.07, 6.45) is 5.16. The Labute approximate surface area is 72.2 Å². The summed E-state index contributed by atoms with van der Waals surface area (Å²) >= 11 is 0. The average Bonchev–Trinajstić information content (AvgIpc) is 2.02. The maximum atomic E-state index is 9.91. The van der Waals surface area contributed by atoms with E-state index in [-0.39, 0.29) is 0 Å². The van der Waals surface area contributed by atoms with Gasteiger partial charge in [0.15, 0.2) is 6.21 Å². The molecule has 70 valence electrons. The molecule has 0 aliphatic rings. The van der Waals surface area contributed by atoms with Gasteiger partial charge in [-0.25, -0.2) is 4.79 Å². The molecule has 0 aliphatic carbocycles. The van der Waals surface area contributed by atoms with Gasteiger partial charge >= 0.3 is 5.97 Å². The molecular weight excluding hydrogens is 158 g/mol. The van der Waals surface area contributed by atoms with Crippen molar-refractivity contribution in [2.45, 2.75) is 32.6 Å². The highest BCUT2D eigenvalue weighted by Crippen LogP contribution is 1.98. The fourth-order valence-corrected chi connectivity index (χ4v) is 0.728. The number of oxime groups is 1. The Morgan fingerprint density at radius 1 is 1.50 bits per heavy atom. The van der Waals surface area contributed by atoms with Crippen molar-refractivity contribution < 1.29 is 14.7 Å². The smallest absolute Gasteiger partial charge is 0.350 e. The standard InChI is InChI=1S/C8H15NO3/c1-2-3-4-5-6-12-9-7-8(10)11/h7H,2-6H2,1H3,(H,10,11). The number of unbranched alkanes of at least 4 members (excludes halogenated alkanes) is 3. The van der Waals surface area contributed by atoms with Crippen LogP contribution in [0.3, 0.4) is 0 Å². The van der Waals surface area contributed by atoms with Gasteiger partial charge in [0.2, 0.25) is 0 Å². The first-order valence-electron chi connectivity index (χ1n) is 4.15. The van der Waals surface area contributed by atoms with Gasteiger partial charge in [-0.05, 0) is 12.8 Å². The number of aliphatic carboxylic acids is 1. The van der Waals surface area contributed by atoms with Crippen molar-refractivity contribution in [2.24, 2.45) is 5.16 Å². The highest BCUT2D eigenvalue weighted by atomic mass is 16.6. The lowest BCUT2D eigenvalue weighted by Gasteiger charge is -1.96. The van der Waals surface area contributed by atoms with E-state index in [4.69, 9.17) is 5.11 Å². The Hall–Kier alpha value is -1.06. The molecule has 0 aromatic carbocycles. The Morgan fingerprint density at radius 2 is 2.25 bits per heavy atom. The predicted molar refractivity (Wildman–Crippen MR) is 46.2 cm³/mol. The number of carbonyl (C=O) groups is 1. The van der Waals surface area contributed by atoms with Gasteiger partial charge in [0, 0.05) is 0 Å². The SMILES string of the molecule is CCCCCCON=CC(=O)O. The second-order valence-electron chi connectivity index (χ2n) is 2.47. The molecule has 0 aromatic rings. The Balaban J connectivity index is 3.05. The molecule has 0 aliphatic heterocycles. The van der Waals surface area contributed by atoms with E-state index in [1.54, 1.807) is 0 Å². The van der Waals surface area contributed by atoms with Gasteiger partial charge in [-0.3, -0.25) is 0 Å². The maximum Gasteiger partial charge on any atom is 0.350 e. The molecule has 0 bridgehead atoms. The van der Waals surface area contributed by atoms with E-state index in [0.29, 0.717) is 6.61 Å². The number of carboxylic acids is 1. The second-order valence-corrected chi connectivity index (χ2v) is 2.47. The zero-order valence-electron chi connectivity index (χ0n) is 7.32. The normalized spacial score (nSPS) is 10.4. The summed E-state index contributed by atoms with van der Waals surface area (Å²) in [6, 6.07) is 0. The largest absolute Gasteiger partial charge is 0.477 e. The molecule has 0 radical (unpaired) electrons. The zero-order valence-corrected chi connectivity index (χ0v) is 7.32. The van der Waals surface area contributed by atoms with Crippen LogP contribution in [-0.2, 0) is 9.63 Å². The number of rotatable bonds is 7. The highest BCUT2D eigenvalue weighted by molar-refractivity contribution is 6.21. The van der Waals surface area contributed by atoms with Crippen molar-refractivity contribution in [3.05, 3.63) is 0 Å². The van der Waals surface area contributed by atoms with Crippen molar-refractivity contribution in [3.63, 3.8) is 0 Å². The summed E-state index contributed by atoms with van der Waals surface area (Å²) in [7, 11) is 0. The van der Waals surface area contributed by atoms with Crippen LogP contribution in [0, 0.1) is 0 Å². The van der Waals surface area contributed by atoms with E-state index >= 15 is 0 Å². The second kappa shape index (κ2) is 8.04. The third-order valence-corrected chi connectivity index (χ3v) is 1.33. The lowest BCUT2D eigenvalue weighted by molar-refractivity contribution is -0.129.